The van der Waals surface area contributed by atoms with Gasteiger partial charge in [0, 0.05) is 19.1 Å². The van der Waals surface area contributed by atoms with Crippen molar-refractivity contribution in [3.8, 4) is 0 Å². The Bertz CT molecular complexity index is 255. The highest BCUT2D eigenvalue weighted by Crippen LogP contribution is 2.28. The van der Waals surface area contributed by atoms with Crippen molar-refractivity contribution in [2.24, 2.45) is 5.92 Å². The van der Waals surface area contributed by atoms with Crippen LogP contribution in [0.25, 0.3) is 0 Å². The predicted molar refractivity (Wildman–Crippen MR) is 64.6 cm³/mol. The molecule has 1 aliphatic heterocycles. The van der Waals surface area contributed by atoms with E-state index >= 15 is 0 Å². The van der Waals surface area contributed by atoms with E-state index in [0.29, 0.717) is 13.2 Å². The van der Waals surface area contributed by atoms with Gasteiger partial charge in [-0.25, -0.2) is 0 Å². The molecule has 1 saturated heterocycles. The number of nitrogens with one attached hydrogen (secondary N) is 1. The zero-order chi connectivity index (χ0) is 12.1. The molecule has 4 nitrogen and oxygen atoms in total. The Hall–Kier alpha value is -0.610. The largest absolute Gasteiger partial charge is 0.394 e. The van der Waals surface area contributed by atoms with Crippen LogP contribution in [0.3, 0.4) is 0 Å². The number of carbonyl (C=O) groups excluding carboxylic acids is 1. The molecule has 2 N–H and O–H groups in total. The molecular weight excluding hydrogens is 218 g/mol. The summed E-state index contributed by atoms with van der Waals surface area (Å²) in [4.78, 5) is 12.2. The molecule has 1 heterocycles. The second kappa shape index (κ2) is 5.83. The second-order valence-corrected chi connectivity index (χ2v) is 5.38. The smallest absolute Gasteiger partial charge is 0.223 e. The molecule has 98 valence electrons. The first-order chi connectivity index (χ1) is 8.26. The summed E-state index contributed by atoms with van der Waals surface area (Å²) >= 11 is 0. The van der Waals surface area contributed by atoms with E-state index in [1.54, 1.807) is 0 Å². The lowest BCUT2D eigenvalue weighted by Crippen LogP contribution is -2.54. The van der Waals surface area contributed by atoms with Gasteiger partial charge in [-0.3, -0.25) is 4.79 Å². The highest BCUT2D eigenvalue weighted by atomic mass is 16.5. The summed E-state index contributed by atoms with van der Waals surface area (Å²) in [6.45, 7) is 1.44. The van der Waals surface area contributed by atoms with E-state index < -0.39 is 0 Å². The van der Waals surface area contributed by atoms with E-state index in [4.69, 9.17) is 4.74 Å². The summed E-state index contributed by atoms with van der Waals surface area (Å²) in [5.41, 5.74) is -0.340. The monoisotopic (exact) mass is 241 g/mol. The third-order valence-electron chi connectivity index (χ3n) is 4.09. The SMILES string of the molecule is O=C(NC1(CO)CCCCC1)C1CCOCC1. The number of amides is 1. The normalized spacial score (nSPS) is 25.5. The molecule has 0 radical (unpaired) electrons. The molecule has 1 amide bonds. The molecule has 0 unspecified atom stereocenters. The van der Waals surface area contributed by atoms with Crippen LogP contribution in [-0.4, -0.2) is 36.4 Å². The predicted octanol–water partition coefficient (Wildman–Crippen LogP) is 1.22. The van der Waals surface area contributed by atoms with Crippen molar-refractivity contribution in [1.82, 2.24) is 5.32 Å². The van der Waals surface area contributed by atoms with Crippen LogP contribution in [0.5, 0.6) is 0 Å². The van der Waals surface area contributed by atoms with Gasteiger partial charge in [0.25, 0.3) is 0 Å². The van der Waals surface area contributed by atoms with Crippen LogP contribution in [0.15, 0.2) is 0 Å². The third kappa shape index (κ3) is 3.19. The molecule has 4 heteroatoms. The minimum atomic E-state index is -0.340. The fraction of sp³-hybridized carbons (Fsp3) is 0.923. The fourth-order valence-electron chi connectivity index (χ4n) is 2.87. The van der Waals surface area contributed by atoms with Crippen molar-refractivity contribution >= 4 is 5.91 Å². The minimum absolute atomic E-state index is 0.0714. The van der Waals surface area contributed by atoms with Gasteiger partial charge in [-0.05, 0) is 25.7 Å². The molecule has 0 atom stereocenters. The van der Waals surface area contributed by atoms with Crippen LogP contribution in [0.1, 0.15) is 44.9 Å². The maximum Gasteiger partial charge on any atom is 0.223 e. The van der Waals surface area contributed by atoms with Crippen LogP contribution < -0.4 is 5.32 Å². The molecule has 0 aromatic carbocycles. The highest BCUT2D eigenvalue weighted by molar-refractivity contribution is 5.79. The number of rotatable bonds is 3. The van der Waals surface area contributed by atoms with E-state index in [1.807, 2.05) is 0 Å². The van der Waals surface area contributed by atoms with Gasteiger partial charge in [0.15, 0.2) is 0 Å². The first-order valence-electron chi connectivity index (χ1n) is 6.76. The van der Waals surface area contributed by atoms with E-state index in [1.165, 1.54) is 6.42 Å². The first-order valence-corrected chi connectivity index (χ1v) is 6.76. The first kappa shape index (κ1) is 12.8. The Morgan fingerprint density at radius 1 is 1.24 bits per heavy atom. The van der Waals surface area contributed by atoms with E-state index in [9.17, 15) is 9.90 Å². The molecule has 2 aliphatic rings. The lowest BCUT2D eigenvalue weighted by Gasteiger charge is -2.38. The maximum absolute atomic E-state index is 12.2. The van der Waals surface area contributed by atoms with Crippen molar-refractivity contribution in [1.29, 1.82) is 0 Å². The molecule has 0 bridgehead atoms. The Morgan fingerprint density at radius 3 is 2.47 bits per heavy atom. The second-order valence-electron chi connectivity index (χ2n) is 5.38. The van der Waals surface area contributed by atoms with Gasteiger partial charge >= 0.3 is 0 Å². The van der Waals surface area contributed by atoms with Crippen molar-refractivity contribution < 1.29 is 14.6 Å². The van der Waals surface area contributed by atoms with Crippen LogP contribution >= 0.6 is 0 Å². The van der Waals surface area contributed by atoms with Crippen molar-refractivity contribution in [3.63, 3.8) is 0 Å². The van der Waals surface area contributed by atoms with Gasteiger partial charge in [-0.2, -0.15) is 0 Å². The highest BCUT2D eigenvalue weighted by Gasteiger charge is 2.35. The summed E-state index contributed by atoms with van der Waals surface area (Å²) < 4.78 is 5.26. The summed E-state index contributed by atoms with van der Waals surface area (Å²) in [6.07, 6.45) is 6.88. The summed E-state index contributed by atoms with van der Waals surface area (Å²) in [6, 6.07) is 0. The summed E-state index contributed by atoms with van der Waals surface area (Å²) in [5.74, 6) is 0.193. The van der Waals surface area contributed by atoms with Crippen LogP contribution in [0, 0.1) is 5.92 Å². The number of ether oxygens (including phenoxy) is 1. The molecule has 1 saturated carbocycles. The van der Waals surface area contributed by atoms with Gasteiger partial charge in [0.1, 0.15) is 0 Å². The van der Waals surface area contributed by atoms with Crippen LogP contribution in [0.4, 0.5) is 0 Å². The van der Waals surface area contributed by atoms with E-state index in [-0.39, 0.29) is 24.0 Å². The molecule has 17 heavy (non-hydrogen) atoms. The summed E-state index contributed by atoms with van der Waals surface area (Å²) in [7, 11) is 0. The average Bonchev–Trinajstić information content (AvgIpc) is 2.41. The van der Waals surface area contributed by atoms with E-state index in [0.717, 1.165) is 38.5 Å². The zero-order valence-electron chi connectivity index (χ0n) is 10.4. The Labute approximate surface area is 103 Å². The number of hydrogen-bond donors (Lipinski definition) is 2. The minimum Gasteiger partial charge on any atom is -0.394 e. The zero-order valence-corrected chi connectivity index (χ0v) is 10.4. The average molecular weight is 241 g/mol. The lowest BCUT2D eigenvalue weighted by atomic mass is 9.81. The lowest BCUT2D eigenvalue weighted by molar-refractivity contribution is -0.131. The van der Waals surface area contributed by atoms with Gasteiger partial charge in [-0.15, -0.1) is 0 Å². The van der Waals surface area contributed by atoms with Crippen LogP contribution in [0.2, 0.25) is 0 Å². The summed E-state index contributed by atoms with van der Waals surface area (Å²) in [5, 5.41) is 12.7. The maximum atomic E-state index is 12.2. The molecule has 0 aromatic heterocycles. The van der Waals surface area contributed by atoms with Crippen molar-refractivity contribution in [2.75, 3.05) is 19.8 Å². The van der Waals surface area contributed by atoms with Gasteiger partial charge in [0.05, 0.1) is 12.1 Å². The molecule has 0 spiro atoms. The fourth-order valence-corrected chi connectivity index (χ4v) is 2.87. The Balaban J connectivity index is 1.90. The third-order valence-corrected chi connectivity index (χ3v) is 4.09. The van der Waals surface area contributed by atoms with Gasteiger partial charge in [-0.1, -0.05) is 19.3 Å². The van der Waals surface area contributed by atoms with Crippen molar-refractivity contribution in [2.45, 2.75) is 50.5 Å². The van der Waals surface area contributed by atoms with E-state index in [2.05, 4.69) is 5.32 Å². The topological polar surface area (TPSA) is 58.6 Å². The van der Waals surface area contributed by atoms with Gasteiger partial charge in [0.2, 0.25) is 5.91 Å². The molecule has 2 fully saturated rings. The van der Waals surface area contributed by atoms with Crippen molar-refractivity contribution in [3.05, 3.63) is 0 Å². The van der Waals surface area contributed by atoms with Crippen LogP contribution in [-0.2, 0) is 9.53 Å². The molecular formula is C13H23NO3. The van der Waals surface area contributed by atoms with Gasteiger partial charge < -0.3 is 15.2 Å². The Kier molecular flexibility index (Phi) is 4.40. The number of hydrogen-bond acceptors (Lipinski definition) is 3. The number of carbonyl (C=O) groups is 1. The molecule has 2 rings (SSSR count). The number of aliphatic hydroxyl groups is 1. The molecule has 1 aliphatic carbocycles. The Morgan fingerprint density at radius 2 is 1.88 bits per heavy atom. The quantitative estimate of drug-likeness (QED) is 0.781. The number of aliphatic hydroxyl groups excluding tert-OH is 1. The standard InChI is InChI=1S/C13H23NO3/c15-10-13(6-2-1-3-7-13)14-12(16)11-4-8-17-9-5-11/h11,15H,1-10H2,(H,14,16). The molecule has 0 aromatic rings.